The summed E-state index contributed by atoms with van der Waals surface area (Å²) in [5.41, 5.74) is 10.2. The lowest BCUT2D eigenvalue weighted by Gasteiger charge is -2.28. The minimum absolute atomic E-state index is 0.0193. The lowest BCUT2D eigenvalue weighted by molar-refractivity contribution is -0.120. The maximum Gasteiger partial charge on any atom is 0.255 e. The van der Waals surface area contributed by atoms with Crippen molar-refractivity contribution in [1.29, 1.82) is 0 Å². The molecule has 5 N–H and O–H groups in total. The average Bonchev–Trinajstić information content (AvgIpc) is 2.94. The molecule has 128 valence electrons. The molecule has 1 fully saturated rings. The molecule has 0 aliphatic heterocycles. The largest absolute Gasteiger partial charge is 0.482 e. The Hall–Kier alpha value is -1.35. The van der Waals surface area contributed by atoms with E-state index in [-0.39, 0.29) is 22.2 Å². The average molecular weight is 362 g/mol. The topological polar surface area (TPSA) is 125 Å². The van der Waals surface area contributed by atoms with Gasteiger partial charge in [0.1, 0.15) is 10.6 Å². The van der Waals surface area contributed by atoms with Gasteiger partial charge in [-0.25, -0.2) is 13.1 Å². The predicted molar refractivity (Wildman–Crippen MR) is 86.7 cm³/mol. The van der Waals surface area contributed by atoms with Gasteiger partial charge in [0.05, 0.1) is 0 Å². The fraction of sp³-hybridized carbons (Fsp3) is 0.500. The zero-order valence-electron chi connectivity index (χ0n) is 12.5. The number of carbonyl (C=O) groups is 1. The van der Waals surface area contributed by atoms with Crippen molar-refractivity contribution < 1.29 is 17.9 Å². The lowest BCUT2D eigenvalue weighted by Crippen LogP contribution is -2.51. The van der Waals surface area contributed by atoms with E-state index in [0.717, 1.165) is 12.8 Å². The van der Waals surface area contributed by atoms with Gasteiger partial charge in [-0.15, -0.1) is 0 Å². The second-order valence-corrected chi connectivity index (χ2v) is 7.73. The Morgan fingerprint density at radius 3 is 2.57 bits per heavy atom. The number of carbonyl (C=O) groups excluding carboxylic acids is 1. The molecule has 7 nitrogen and oxygen atoms in total. The van der Waals surface area contributed by atoms with Crippen LogP contribution < -0.4 is 20.9 Å². The number of halogens is 1. The Labute approximate surface area is 140 Å². The van der Waals surface area contributed by atoms with Gasteiger partial charge in [0.25, 0.3) is 5.91 Å². The number of sulfonamides is 1. The third kappa shape index (κ3) is 4.35. The highest BCUT2D eigenvalue weighted by Gasteiger charge is 2.37. The first-order chi connectivity index (χ1) is 10.8. The van der Waals surface area contributed by atoms with Gasteiger partial charge in [-0.05, 0) is 31.0 Å². The Morgan fingerprint density at radius 2 is 2.00 bits per heavy atom. The second kappa shape index (κ2) is 7.04. The molecular weight excluding hydrogens is 342 g/mol. The van der Waals surface area contributed by atoms with Crippen LogP contribution in [0.5, 0.6) is 5.75 Å². The quantitative estimate of drug-likeness (QED) is 0.661. The van der Waals surface area contributed by atoms with Gasteiger partial charge < -0.3 is 16.2 Å². The van der Waals surface area contributed by atoms with Crippen LogP contribution in [0.15, 0.2) is 23.1 Å². The molecule has 9 heteroatoms. The maximum atomic E-state index is 12.7. The number of rotatable bonds is 7. The van der Waals surface area contributed by atoms with Crippen LogP contribution >= 0.6 is 11.6 Å². The van der Waals surface area contributed by atoms with Crippen LogP contribution in [-0.2, 0) is 14.8 Å². The molecular formula is C14H20ClN3O4S. The molecule has 0 saturated heterocycles. The van der Waals surface area contributed by atoms with Gasteiger partial charge in [-0.2, -0.15) is 0 Å². The van der Waals surface area contributed by atoms with Crippen molar-refractivity contribution >= 4 is 27.5 Å². The molecule has 1 aromatic carbocycles. The highest BCUT2D eigenvalue weighted by Crippen LogP contribution is 2.33. The summed E-state index contributed by atoms with van der Waals surface area (Å²) in [5.74, 6) is -0.684. The summed E-state index contributed by atoms with van der Waals surface area (Å²) in [5, 5.41) is 0.241. The number of hydrogen-bond donors (Lipinski definition) is 3. The SMILES string of the molecule is NCC1(NS(=O)(=O)c2cc(Cl)ccc2OCC(N)=O)CCCC1. The maximum absolute atomic E-state index is 12.7. The Morgan fingerprint density at radius 1 is 1.35 bits per heavy atom. The van der Waals surface area contributed by atoms with Crippen LogP contribution in [-0.4, -0.2) is 33.0 Å². The molecule has 0 radical (unpaired) electrons. The van der Waals surface area contributed by atoms with Crippen molar-refractivity contribution in [3.8, 4) is 5.75 Å². The van der Waals surface area contributed by atoms with Crippen LogP contribution in [0.2, 0.25) is 5.02 Å². The zero-order chi connectivity index (χ0) is 17.1. The highest BCUT2D eigenvalue weighted by atomic mass is 35.5. The molecule has 1 aromatic rings. The number of ether oxygens (including phenoxy) is 1. The van der Waals surface area contributed by atoms with Crippen molar-refractivity contribution in [2.45, 2.75) is 36.1 Å². The molecule has 0 spiro atoms. The van der Waals surface area contributed by atoms with E-state index in [1.807, 2.05) is 0 Å². The van der Waals surface area contributed by atoms with Crippen molar-refractivity contribution in [1.82, 2.24) is 4.72 Å². The van der Waals surface area contributed by atoms with Gasteiger partial charge >= 0.3 is 0 Å². The number of benzene rings is 1. The summed E-state index contributed by atoms with van der Waals surface area (Å²) < 4.78 is 33.4. The summed E-state index contributed by atoms with van der Waals surface area (Å²) in [7, 11) is -3.91. The van der Waals surface area contributed by atoms with Crippen molar-refractivity contribution in [3.63, 3.8) is 0 Å². The van der Waals surface area contributed by atoms with Gasteiger partial charge in [-0.3, -0.25) is 4.79 Å². The fourth-order valence-electron chi connectivity index (χ4n) is 2.70. The number of nitrogens with two attached hydrogens (primary N) is 2. The minimum Gasteiger partial charge on any atom is -0.482 e. The van der Waals surface area contributed by atoms with Gasteiger partial charge in [0.15, 0.2) is 6.61 Å². The monoisotopic (exact) mass is 361 g/mol. The van der Waals surface area contributed by atoms with Crippen LogP contribution in [0.4, 0.5) is 0 Å². The van der Waals surface area contributed by atoms with Crippen LogP contribution in [0.1, 0.15) is 25.7 Å². The highest BCUT2D eigenvalue weighted by molar-refractivity contribution is 7.89. The first-order valence-electron chi connectivity index (χ1n) is 7.23. The molecule has 1 amide bonds. The lowest BCUT2D eigenvalue weighted by atomic mass is 10.0. The Kier molecular flexibility index (Phi) is 5.51. The molecule has 0 aromatic heterocycles. The summed E-state index contributed by atoms with van der Waals surface area (Å²) in [6.45, 7) is -0.212. The number of amides is 1. The molecule has 0 heterocycles. The van der Waals surface area contributed by atoms with Crippen molar-refractivity contribution in [2.24, 2.45) is 11.5 Å². The van der Waals surface area contributed by atoms with Crippen molar-refractivity contribution in [3.05, 3.63) is 23.2 Å². The van der Waals surface area contributed by atoms with Gasteiger partial charge in [0.2, 0.25) is 10.0 Å². The Bertz CT molecular complexity index is 687. The first kappa shape index (κ1) is 18.0. The molecule has 0 atom stereocenters. The van der Waals surface area contributed by atoms with E-state index >= 15 is 0 Å². The molecule has 2 rings (SSSR count). The third-order valence-electron chi connectivity index (χ3n) is 3.87. The van der Waals surface area contributed by atoms with Gasteiger partial charge in [-0.1, -0.05) is 24.4 Å². The van der Waals surface area contributed by atoms with E-state index in [1.54, 1.807) is 0 Å². The summed E-state index contributed by atoms with van der Waals surface area (Å²) >= 11 is 5.91. The molecule has 0 bridgehead atoms. The molecule has 1 saturated carbocycles. The number of nitrogens with one attached hydrogen (secondary N) is 1. The summed E-state index contributed by atoms with van der Waals surface area (Å²) in [6.07, 6.45) is 3.20. The second-order valence-electron chi connectivity index (χ2n) is 5.64. The molecule has 23 heavy (non-hydrogen) atoms. The van der Waals surface area contributed by atoms with E-state index in [1.165, 1.54) is 18.2 Å². The van der Waals surface area contributed by atoms with E-state index in [2.05, 4.69) is 4.72 Å². The molecule has 1 aliphatic carbocycles. The van der Waals surface area contributed by atoms with Crippen LogP contribution in [0, 0.1) is 0 Å². The third-order valence-corrected chi connectivity index (χ3v) is 5.70. The van der Waals surface area contributed by atoms with Crippen LogP contribution in [0.25, 0.3) is 0 Å². The normalized spacial score (nSPS) is 17.1. The fourth-order valence-corrected chi connectivity index (χ4v) is 4.58. The summed E-state index contributed by atoms with van der Waals surface area (Å²) in [6, 6.07) is 4.15. The number of primary amides is 1. The molecule has 1 aliphatic rings. The molecule has 0 unspecified atom stereocenters. The Balaban J connectivity index is 2.34. The number of hydrogen-bond acceptors (Lipinski definition) is 5. The van der Waals surface area contributed by atoms with E-state index < -0.39 is 28.1 Å². The zero-order valence-corrected chi connectivity index (χ0v) is 14.1. The minimum atomic E-state index is -3.91. The smallest absolute Gasteiger partial charge is 0.255 e. The van der Waals surface area contributed by atoms with Crippen molar-refractivity contribution in [2.75, 3.05) is 13.2 Å². The first-order valence-corrected chi connectivity index (χ1v) is 9.09. The van der Waals surface area contributed by atoms with Gasteiger partial charge in [0, 0.05) is 17.1 Å². The van der Waals surface area contributed by atoms with Crippen LogP contribution in [0.3, 0.4) is 0 Å². The van der Waals surface area contributed by atoms with E-state index in [9.17, 15) is 13.2 Å². The van der Waals surface area contributed by atoms with E-state index in [4.69, 9.17) is 27.8 Å². The van der Waals surface area contributed by atoms with E-state index in [0.29, 0.717) is 12.8 Å². The predicted octanol–water partition coefficient (Wildman–Crippen LogP) is 0.754. The standard InChI is InChI=1S/C14H20ClN3O4S/c15-10-3-4-11(22-8-13(17)19)12(7-10)23(20,21)18-14(9-16)5-1-2-6-14/h3-4,7,18H,1-2,5-6,8-9,16H2,(H2,17,19). The summed E-state index contributed by atoms with van der Waals surface area (Å²) in [4.78, 5) is 10.7.